The van der Waals surface area contributed by atoms with Crippen LogP contribution >= 0.6 is 34.3 Å². The van der Waals surface area contributed by atoms with Gasteiger partial charge in [-0.2, -0.15) is 11.3 Å². The van der Waals surface area contributed by atoms with Crippen molar-refractivity contribution in [1.82, 2.24) is 0 Å². The molecular formula is C30H28ClNO4S2. The molecule has 1 aliphatic carbocycles. The summed E-state index contributed by atoms with van der Waals surface area (Å²) in [4.78, 5) is 26.6. The van der Waals surface area contributed by atoms with E-state index in [4.69, 9.17) is 21.1 Å². The first-order valence-corrected chi connectivity index (χ1v) is 14.6. The van der Waals surface area contributed by atoms with E-state index in [0.717, 1.165) is 51.1 Å². The average Bonchev–Trinajstić information content (AvgIpc) is 3.48. The fourth-order valence-corrected chi connectivity index (χ4v) is 6.85. The average molecular weight is 566 g/mol. The Hall–Kier alpha value is -3.13. The Morgan fingerprint density at radius 3 is 2.50 bits per heavy atom. The summed E-state index contributed by atoms with van der Waals surface area (Å²) in [6.07, 6.45) is 0.555. The van der Waals surface area contributed by atoms with E-state index < -0.39 is 11.5 Å². The van der Waals surface area contributed by atoms with Crippen molar-refractivity contribution in [1.29, 1.82) is 0 Å². The number of esters is 1. The van der Waals surface area contributed by atoms with Crippen molar-refractivity contribution in [2.75, 3.05) is 11.9 Å². The van der Waals surface area contributed by atoms with E-state index in [9.17, 15) is 9.59 Å². The quantitative estimate of drug-likeness (QED) is 0.216. The number of nitrogens with one attached hydrogen (secondary N) is 1. The molecule has 1 aliphatic rings. The van der Waals surface area contributed by atoms with E-state index in [0.29, 0.717) is 16.6 Å². The van der Waals surface area contributed by atoms with Gasteiger partial charge in [0.15, 0.2) is 0 Å². The monoisotopic (exact) mass is 565 g/mol. The van der Waals surface area contributed by atoms with Crippen LogP contribution in [0.3, 0.4) is 0 Å². The van der Waals surface area contributed by atoms with Crippen molar-refractivity contribution < 1.29 is 19.1 Å². The third-order valence-corrected chi connectivity index (χ3v) is 9.05. The van der Waals surface area contributed by atoms with Crippen molar-refractivity contribution in [3.05, 3.63) is 86.4 Å². The Morgan fingerprint density at radius 1 is 1.08 bits per heavy atom. The number of hydrogen-bond acceptors (Lipinski definition) is 6. The second-order valence-corrected chi connectivity index (χ2v) is 11.8. The van der Waals surface area contributed by atoms with Gasteiger partial charge >= 0.3 is 12.1 Å². The molecule has 0 spiro atoms. The molecule has 8 heteroatoms. The standard InChI is InChI=1S/C30H28ClNO4S2/c1-4-35-28(33)30(12-13-30)21-10-11-22(20-8-6-5-7-9-20)23(14-21)27-25(15-26(31)38-27)32-29(34)36-19(3)24-17-37-16-18(24)2/h5-11,14-17,19H,4,12-13H2,1-3H3,(H,32,34). The lowest BCUT2D eigenvalue weighted by Crippen LogP contribution is -2.23. The van der Waals surface area contributed by atoms with Crippen molar-refractivity contribution in [2.45, 2.75) is 45.1 Å². The third kappa shape index (κ3) is 5.23. The van der Waals surface area contributed by atoms with Gasteiger partial charge in [0.25, 0.3) is 0 Å². The van der Waals surface area contributed by atoms with E-state index >= 15 is 0 Å². The zero-order chi connectivity index (χ0) is 26.9. The molecule has 4 aromatic rings. The van der Waals surface area contributed by atoms with Crippen molar-refractivity contribution in [3.8, 4) is 21.6 Å². The number of carbonyl (C=O) groups is 2. The lowest BCUT2D eigenvalue weighted by atomic mass is 9.89. The van der Waals surface area contributed by atoms with Gasteiger partial charge in [0.2, 0.25) is 0 Å². The Morgan fingerprint density at radius 2 is 1.84 bits per heavy atom. The number of rotatable bonds is 8. The number of halogens is 1. The maximum atomic E-state index is 12.9. The van der Waals surface area contributed by atoms with Crippen LogP contribution in [0.1, 0.15) is 49.5 Å². The van der Waals surface area contributed by atoms with Crippen LogP contribution in [0, 0.1) is 6.92 Å². The van der Waals surface area contributed by atoms with Crippen LogP contribution < -0.4 is 5.32 Å². The topological polar surface area (TPSA) is 64.6 Å². The van der Waals surface area contributed by atoms with E-state index in [-0.39, 0.29) is 12.1 Å². The first kappa shape index (κ1) is 26.5. The first-order valence-electron chi connectivity index (χ1n) is 12.5. The predicted octanol–water partition coefficient (Wildman–Crippen LogP) is 9.01. The maximum Gasteiger partial charge on any atom is 0.412 e. The number of ether oxygens (including phenoxy) is 2. The summed E-state index contributed by atoms with van der Waals surface area (Å²) in [5.74, 6) is -0.192. The van der Waals surface area contributed by atoms with Crippen molar-refractivity contribution in [3.63, 3.8) is 0 Å². The normalized spacial score (nSPS) is 14.5. The van der Waals surface area contributed by atoms with Crippen LogP contribution in [0.5, 0.6) is 0 Å². The highest BCUT2D eigenvalue weighted by atomic mass is 35.5. The Labute approximate surface area is 235 Å². The van der Waals surface area contributed by atoms with Crippen LogP contribution in [0.4, 0.5) is 10.5 Å². The SMILES string of the molecule is CCOC(=O)C1(c2ccc(-c3ccccc3)c(-c3sc(Cl)cc3NC(=O)OC(C)c3cscc3C)c2)CC1. The van der Waals surface area contributed by atoms with Gasteiger partial charge in [0.1, 0.15) is 6.10 Å². The van der Waals surface area contributed by atoms with Gasteiger partial charge in [-0.25, -0.2) is 4.79 Å². The zero-order valence-electron chi connectivity index (χ0n) is 21.4. The third-order valence-electron chi connectivity index (χ3n) is 6.87. The lowest BCUT2D eigenvalue weighted by molar-refractivity contribution is -0.146. The number of anilines is 1. The van der Waals surface area contributed by atoms with Gasteiger partial charge in [-0.05, 0) is 78.8 Å². The second kappa shape index (κ2) is 10.9. The van der Waals surface area contributed by atoms with Crippen LogP contribution in [0.2, 0.25) is 4.34 Å². The maximum absolute atomic E-state index is 12.9. The van der Waals surface area contributed by atoms with Crippen LogP contribution in [0.15, 0.2) is 65.4 Å². The largest absolute Gasteiger partial charge is 0.465 e. The number of aryl methyl sites for hydroxylation is 1. The van der Waals surface area contributed by atoms with E-state index in [1.807, 2.05) is 80.1 Å². The molecule has 1 amide bonds. The summed E-state index contributed by atoms with van der Waals surface area (Å²) in [5.41, 5.74) is 5.82. The minimum Gasteiger partial charge on any atom is -0.465 e. The molecule has 2 aromatic carbocycles. The number of hydrogen-bond donors (Lipinski definition) is 1. The summed E-state index contributed by atoms with van der Waals surface area (Å²) in [6, 6.07) is 17.9. The molecule has 0 radical (unpaired) electrons. The number of amides is 1. The predicted molar refractivity (Wildman–Crippen MR) is 155 cm³/mol. The summed E-state index contributed by atoms with van der Waals surface area (Å²) in [7, 11) is 0. The minimum atomic E-state index is -0.624. The number of carbonyl (C=O) groups excluding carboxylic acids is 2. The molecule has 38 heavy (non-hydrogen) atoms. The van der Waals surface area contributed by atoms with Gasteiger partial charge in [0.05, 0.1) is 26.9 Å². The highest BCUT2D eigenvalue weighted by Gasteiger charge is 2.53. The molecule has 2 heterocycles. The van der Waals surface area contributed by atoms with E-state index in [1.54, 1.807) is 17.4 Å². The Balaban J connectivity index is 1.52. The first-order chi connectivity index (χ1) is 18.3. The van der Waals surface area contributed by atoms with Crippen LogP contribution in [-0.4, -0.2) is 18.7 Å². The van der Waals surface area contributed by atoms with Crippen molar-refractivity contribution in [2.24, 2.45) is 0 Å². The Bertz CT molecular complexity index is 1470. The molecule has 1 N–H and O–H groups in total. The molecule has 0 aliphatic heterocycles. The molecule has 5 nitrogen and oxygen atoms in total. The molecule has 1 saturated carbocycles. The fraction of sp³-hybridized carbons (Fsp3) is 0.267. The number of thiophene rings is 2. The van der Waals surface area contributed by atoms with Gasteiger partial charge in [-0.3, -0.25) is 10.1 Å². The van der Waals surface area contributed by atoms with E-state index in [2.05, 4.69) is 5.32 Å². The molecule has 0 saturated heterocycles. The van der Waals surface area contributed by atoms with Gasteiger partial charge in [-0.15, -0.1) is 11.3 Å². The molecule has 196 valence electrons. The summed E-state index contributed by atoms with van der Waals surface area (Å²) >= 11 is 9.45. The summed E-state index contributed by atoms with van der Waals surface area (Å²) in [5, 5.41) is 6.94. The lowest BCUT2D eigenvalue weighted by Gasteiger charge is -2.18. The van der Waals surface area contributed by atoms with Gasteiger partial charge < -0.3 is 9.47 Å². The smallest absolute Gasteiger partial charge is 0.412 e. The molecule has 0 bridgehead atoms. The second-order valence-electron chi connectivity index (χ2n) is 9.40. The van der Waals surface area contributed by atoms with Crippen molar-refractivity contribution >= 4 is 52.0 Å². The number of benzene rings is 2. The fourth-order valence-electron chi connectivity index (χ4n) is 4.71. The Kier molecular flexibility index (Phi) is 7.61. The van der Waals surface area contributed by atoms with Gasteiger partial charge in [0, 0.05) is 11.1 Å². The summed E-state index contributed by atoms with van der Waals surface area (Å²) < 4.78 is 11.6. The highest BCUT2D eigenvalue weighted by Crippen LogP contribution is 2.52. The van der Waals surface area contributed by atoms with E-state index in [1.165, 1.54) is 11.3 Å². The van der Waals surface area contributed by atoms with Crippen LogP contribution in [-0.2, 0) is 19.7 Å². The molecule has 1 atom stereocenters. The molecular weight excluding hydrogens is 538 g/mol. The minimum absolute atomic E-state index is 0.192. The molecule has 1 unspecified atom stereocenters. The highest BCUT2D eigenvalue weighted by molar-refractivity contribution is 7.20. The zero-order valence-corrected chi connectivity index (χ0v) is 23.8. The van der Waals surface area contributed by atoms with Crippen LogP contribution in [0.25, 0.3) is 21.6 Å². The summed E-state index contributed by atoms with van der Waals surface area (Å²) in [6.45, 7) is 6.03. The molecule has 1 fully saturated rings. The van der Waals surface area contributed by atoms with Gasteiger partial charge in [-0.1, -0.05) is 54.1 Å². The molecule has 5 rings (SSSR count). The molecule has 2 aromatic heterocycles.